The van der Waals surface area contributed by atoms with Gasteiger partial charge in [0.2, 0.25) is 0 Å². The summed E-state index contributed by atoms with van der Waals surface area (Å²) in [7, 11) is 0. The van der Waals surface area contributed by atoms with Crippen LogP contribution in [0.3, 0.4) is 0 Å². The number of pyridine rings is 1. The van der Waals surface area contributed by atoms with Gasteiger partial charge in [0.05, 0.1) is 11.1 Å². The normalized spacial score (nSPS) is 25.0. The van der Waals surface area contributed by atoms with Crippen molar-refractivity contribution in [1.29, 1.82) is 0 Å². The van der Waals surface area contributed by atoms with E-state index in [0.717, 1.165) is 59.4 Å². The molecule has 164 valence electrons. The molecule has 6 nitrogen and oxygen atoms in total. The highest BCUT2D eigenvalue weighted by Crippen LogP contribution is 2.39. The van der Waals surface area contributed by atoms with E-state index in [4.69, 9.17) is 9.98 Å². The number of fused-ring (bicyclic) bond motifs is 1. The number of nitrogens with one attached hydrogen (secondary N) is 1. The van der Waals surface area contributed by atoms with Crippen molar-refractivity contribution < 1.29 is 5.11 Å². The number of thioether (sulfide) groups is 1. The first-order chi connectivity index (χ1) is 15.0. The van der Waals surface area contributed by atoms with Gasteiger partial charge in [-0.05, 0) is 79.8 Å². The Hall–Kier alpha value is -1.77. The minimum atomic E-state index is -0.198. The van der Waals surface area contributed by atoms with Gasteiger partial charge in [-0.25, -0.2) is 9.98 Å². The lowest BCUT2D eigenvalue weighted by Gasteiger charge is -2.26. The van der Waals surface area contributed by atoms with Gasteiger partial charge in [0, 0.05) is 15.4 Å². The number of nitroso groups, excluding NO2 is 1. The van der Waals surface area contributed by atoms with Crippen molar-refractivity contribution in [2.75, 3.05) is 5.32 Å². The third kappa shape index (κ3) is 5.93. The van der Waals surface area contributed by atoms with Gasteiger partial charge >= 0.3 is 0 Å². The quantitative estimate of drug-likeness (QED) is 0.452. The Kier molecular flexibility index (Phi) is 7.40. The first-order valence-corrected chi connectivity index (χ1v) is 12.4. The molecule has 1 aromatic carbocycles. The van der Waals surface area contributed by atoms with E-state index in [1.165, 1.54) is 10.5 Å². The summed E-state index contributed by atoms with van der Waals surface area (Å²) in [5.74, 6) is 1.80. The average Bonchev–Trinajstić information content (AvgIpc) is 2.88. The van der Waals surface area contributed by atoms with Crippen molar-refractivity contribution in [2.45, 2.75) is 75.0 Å². The number of aliphatic imine (C=N–C) groups is 1. The number of rotatable bonds is 5. The number of hydrogen-bond acceptors (Lipinski definition) is 7. The van der Waals surface area contributed by atoms with Crippen molar-refractivity contribution in [3.63, 3.8) is 0 Å². The van der Waals surface area contributed by atoms with Gasteiger partial charge in [-0.15, -0.1) is 0 Å². The van der Waals surface area contributed by atoms with Crippen molar-refractivity contribution >= 4 is 44.4 Å². The molecule has 2 aliphatic rings. The third-order valence-electron chi connectivity index (χ3n) is 5.93. The molecule has 1 aliphatic heterocycles. The Morgan fingerprint density at radius 1 is 1.19 bits per heavy atom. The maximum Gasteiger partial charge on any atom is 0.155 e. The molecule has 2 N–H and O–H groups in total. The molecule has 1 unspecified atom stereocenters. The molecule has 8 heteroatoms. The van der Waals surface area contributed by atoms with Crippen molar-refractivity contribution in [3.8, 4) is 0 Å². The molecule has 0 amide bonds. The topological polar surface area (TPSA) is 86.9 Å². The van der Waals surface area contributed by atoms with Gasteiger partial charge in [0.25, 0.3) is 0 Å². The molecule has 1 aliphatic carbocycles. The predicted molar refractivity (Wildman–Crippen MR) is 130 cm³/mol. The number of benzene rings is 1. The summed E-state index contributed by atoms with van der Waals surface area (Å²) in [5.41, 5.74) is 2.16. The Morgan fingerprint density at radius 3 is 2.77 bits per heavy atom. The van der Waals surface area contributed by atoms with Gasteiger partial charge in [0.1, 0.15) is 12.4 Å². The van der Waals surface area contributed by atoms with Gasteiger partial charge in [-0.2, -0.15) is 4.91 Å². The molecule has 1 atom stereocenters. The Balaban J connectivity index is 1.59. The molecule has 1 saturated carbocycles. The largest absolute Gasteiger partial charge is 0.393 e. The molecule has 31 heavy (non-hydrogen) atoms. The molecule has 0 spiro atoms. The SMILES string of the molecule is CC1CCC(=Nc2cc(CN=O)cc(NC3CCC(O)CC3)n2)Sc2cc(Br)ccc21. The molecule has 0 radical (unpaired) electrons. The second-order valence-electron chi connectivity index (χ2n) is 8.39. The third-order valence-corrected chi connectivity index (χ3v) is 7.53. The molecular formula is C23H27BrN4O2S. The van der Waals surface area contributed by atoms with Crippen LogP contribution < -0.4 is 5.32 Å². The summed E-state index contributed by atoms with van der Waals surface area (Å²) in [6.45, 7) is 2.35. The highest BCUT2D eigenvalue weighted by molar-refractivity contribution is 9.10. The second-order valence-corrected chi connectivity index (χ2v) is 10.4. The first kappa shape index (κ1) is 22.4. The molecule has 1 aromatic heterocycles. The molecule has 4 rings (SSSR count). The molecule has 2 aromatic rings. The second kappa shape index (κ2) is 10.2. The van der Waals surface area contributed by atoms with E-state index in [-0.39, 0.29) is 18.7 Å². The summed E-state index contributed by atoms with van der Waals surface area (Å²) >= 11 is 5.28. The smallest absolute Gasteiger partial charge is 0.155 e. The van der Waals surface area contributed by atoms with Crippen molar-refractivity contribution in [3.05, 3.63) is 50.8 Å². The summed E-state index contributed by atoms with van der Waals surface area (Å²) in [5, 5.41) is 17.3. The number of aromatic nitrogens is 1. The number of aliphatic hydroxyl groups is 1. The van der Waals surface area contributed by atoms with E-state index in [9.17, 15) is 10.0 Å². The number of nitrogens with zero attached hydrogens (tertiary/aromatic N) is 3. The molecule has 0 saturated heterocycles. The van der Waals surface area contributed by atoms with Crippen LogP contribution in [0, 0.1) is 4.91 Å². The lowest BCUT2D eigenvalue weighted by atomic mass is 9.93. The minimum absolute atomic E-state index is 0.0956. The van der Waals surface area contributed by atoms with Crippen LogP contribution in [0.4, 0.5) is 11.6 Å². The van der Waals surface area contributed by atoms with E-state index in [2.05, 4.69) is 51.5 Å². The standard InChI is InChI=1S/C23H27BrN4O2S/c1-14-2-9-23(31-20-12-16(24)3-8-19(14)20)28-22-11-15(13-25-30)10-21(27-22)26-17-4-6-18(29)7-5-17/h3,8,10-12,14,17-18,29H,2,4-7,9,13H2,1H3,(H,26,27). The Morgan fingerprint density at radius 2 is 2.00 bits per heavy atom. The molecule has 2 heterocycles. The predicted octanol–water partition coefficient (Wildman–Crippen LogP) is 6.55. The lowest BCUT2D eigenvalue weighted by molar-refractivity contribution is 0.126. The van der Waals surface area contributed by atoms with E-state index < -0.39 is 0 Å². The first-order valence-electron chi connectivity index (χ1n) is 10.8. The van der Waals surface area contributed by atoms with E-state index >= 15 is 0 Å². The van der Waals surface area contributed by atoms with Crippen LogP contribution in [-0.4, -0.2) is 27.3 Å². The van der Waals surface area contributed by atoms with Crippen LogP contribution in [0.2, 0.25) is 0 Å². The zero-order chi connectivity index (χ0) is 21.8. The van der Waals surface area contributed by atoms with Crippen LogP contribution in [-0.2, 0) is 6.54 Å². The fourth-order valence-corrected chi connectivity index (χ4v) is 5.88. The van der Waals surface area contributed by atoms with Crippen LogP contribution in [0.5, 0.6) is 0 Å². The van der Waals surface area contributed by atoms with E-state index in [0.29, 0.717) is 11.7 Å². The summed E-state index contributed by atoms with van der Waals surface area (Å²) in [6.07, 6.45) is 5.13. The monoisotopic (exact) mass is 502 g/mol. The summed E-state index contributed by atoms with van der Waals surface area (Å²) in [4.78, 5) is 21.7. The zero-order valence-corrected chi connectivity index (χ0v) is 20.0. The Labute approximate surface area is 195 Å². The van der Waals surface area contributed by atoms with Crippen molar-refractivity contribution in [1.82, 2.24) is 4.98 Å². The fraction of sp³-hybridized carbons (Fsp3) is 0.478. The highest BCUT2D eigenvalue weighted by Gasteiger charge is 2.21. The van der Waals surface area contributed by atoms with Gasteiger partial charge in [-0.3, -0.25) is 0 Å². The maximum atomic E-state index is 10.9. The fourth-order valence-electron chi connectivity index (χ4n) is 4.18. The summed E-state index contributed by atoms with van der Waals surface area (Å²) < 4.78 is 1.06. The van der Waals surface area contributed by atoms with Crippen LogP contribution >= 0.6 is 27.7 Å². The van der Waals surface area contributed by atoms with Crippen LogP contribution in [0.25, 0.3) is 0 Å². The zero-order valence-electron chi connectivity index (χ0n) is 17.6. The lowest BCUT2D eigenvalue weighted by Crippen LogP contribution is -2.28. The van der Waals surface area contributed by atoms with Crippen molar-refractivity contribution in [2.24, 2.45) is 10.2 Å². The molecular weight excluding hydrogens is 476 g/mol. The number of hydrogen-bond donors (Lipinski definition) is 2. The highest BCUT2D eigenvalue weighted by atomic mass is 79.9. The summed E-state index contributed by atoms with van der Waals surface area (Å²) in [6, 6.07) is 10.4. The van der Waals surface area contributed by atoms with E-state index in [1.54, 1.807) is 11.8 Å². The number of anilines is 1. The Bertz CT molecular complexity index is 976. The van der Waals surface area contributed by atoms with Gasteiger partial charge < -0.3 is 10.4 Å². The van der Waals surface area contributed by atoms with Crippen LogP contribution in [0.1, 0.15) is 62.5 Å². The number of aliphatic hydroxyl groups excluding tert-OH is 1. The van der Waals surface area contributed by atoms with Gasteiger partial charge in [-0.1, -0.05) is 45.9 Å². The minimum Gasteiger partial charge on any atom is -0.393 e. The molecule has 0 bridgehead atoms. The average molecular weight is 503 g/mol. The van der Waals surface area contributed by atoms with Crippen LogP contribution in [0.15, 0.2) is 49.9 Å². The molecule has 1 fully saturated rings. The number of halogens is 1. The van der Waals surface area contributed by atoms with E-state index in [1.807, 2.05) is 12.1 Å². The van der Waals surface area contributed by atoms with Gasteiger partial charge in [0.15, 0.2) is 5.82 Å². The maximum absolute atomic E-state index is 10.9.